The zero-order valence-electron chi connectivity index (χ0n) is 10.6. The van der Waals surface area contributed by atoms with Gasteiger partial charge in [-0.15, -0.1) is 0 Å². The van der Waals surface area contributed by atoms with Gasteiger partial charge in [0.2, 0.25) is 5.43 Å². The minimum Gasteiger partial charge on any atom is -0.359 e. The summed E-state index contributed by atoms with van der Waals surface area (Å²) >= 11 is 0. The van der Waals surface area contributed by atoms with Gasteiger partial charge in [0.05, 0.1) is 11.1 Å². The molecule has 0 aliphatic rings. The first-order valence-corrected chi connectivity index (χ1v) is 6.11. The van der Waals surface area contributed by atoms with E-state index in [-0.39, 0.29) is 16.6 Å². The van der Waals surface area contributed by atoms with Gasteiger partial charge in [0.25, 0.3) is 0 Å². The van der Waals surface area contributed by atoms with Gasteiger partial charge in [-0.2, -0.15) is 13.2 Å². The van der Waals surface area contributed by atoms with Crippen molar-refractivity contribution in [2.45, 2.75) is 6.18 Å². The molecule has 0 unspecified atom stereocenters. The number of nitrogens with one attached hydrogen (secondary N) is 1. The van der Waals surface area contributed by atoms with Gasteiger partial charge in [-0.1, -0.05) is 12.1 Å². The number of halogens is 3. The van der Waals surface area contributed by atoms with E-state index in [1.165, 1.54) is 24.5 Å². The number of aromatic amines is 1. The molecule has 6 heteroatoms. The molecule has 1 N–H and O–H groups in total. The molecule has 1 aromatic carbocycles. The number of aromatic nitrogens is 2. The summed E-state index contributed by atoms with van der Waals surface area (Å²) in [4.78, 5) is 19.2. The van der Waals surface area contributed by atoms with Crippen LogP contribution in [-0.2, 0) is 6.18 Å². The second kappa shape index (κ2) is 4.73. The number of benzene rings is 1. The first-order chi connectivity index (χ1) is 9.97. The Bertz CT molecular complexity index is 868. The van der Waals surface area contributed by atoms with Gasteiger partial charge in [0, 0.05) is 18.0 Å². The predicted molar refractivity (Wildman–Crippen MR) is 72.8 cm³/mol. The van der Waals surface area contributed by atoms with Gasteiger partial charge >= 0.3 is 6.18 Å². The molecular formula is C15H9F3N2O. The quantitative estimate of drug-likeness (QED) is 0.744. The minimum atomic E-state index is -4.45. The molecule has 2 heterocycles. The zero-order valence-corrected chi connectivity index (χ0v) is 10.6. The summed E-state index contributed by atoms with van der Waals surface area (Å²) in [6.45, 7) is 0. The summed E-state index contributed by atoms with van der Waals surface area (Å²) in [7, 11) is 0. The molecule has 0 saturated carbocycles. The van der Waals surface area contributed by atoms with Crippen LogP contribution < -0.4 is 5.43 Å². The largest absolute Gasteiger partial charge is 0.416 e. The normalized spacial score (nSPS) is 11.8. The van der Waals surface area contributed by atoms with Gasteiger partial charge in [0.1, 0.15) is 5.52 Å². The predicted octanol–water partition coefficient (Wildman–Crippen LogP) is 3.61. The first-order valence-electron chi connectivity index (χ1n) is 6.11. The van der Waals surface area contributed by atoms with Crippen molar-refractivity contribution in [1.29, 1.82) is 0 Å². The maximum Gasteiger partial charge on any atom is 0.416 e. The lowest BCUT2D eigenvalue weighted by molar-refractivity contribution is -0.137. The molecule has 0 aliphatic heterocycles. The number of hydrogen-bond donors (Lipinski definition) is 1. The van der Waals surface area contributed by atoms with Crippen LogP contribution in [0.1, 0.15) is 5.56 Å². The smallest absolute Gasteiger partial charge is 0.359 e. The molecule has 2 aromatic heterocycles. The van der Waals surface area contributed by atoms with E-state index in [0.29, 0.717) is 5.52 Å². The van der Waals surface area contributed by atoms with E-state index >= 15 is 0 Å². The Morgan fingerprint density at radius 3 is 2.67 bits per heavy atom. The summed E-state index contributed by atoms with van der Waals surface area (Å²) in [5.74, 6) is 0. The van der Waals surface area contributed by atoms with Crippen LogP contribution in [0.2, 0.25) is 0 Å². The third-order valence-corrected chi connectivity index (χ3v) is 3.14. The zero-order chi connectivity index (χ0) is 15.0. The lowest BCUT2D eigenvalue weighted by Crippen LogP contribution is -2.09. The number of hydrogen-bond acceptors (Lipinski definition) is 2. The third-order valence-electron chi connectivity index (χ3n) is 3.14. The molecule has 0 fully saturated rings. The van der Waals surface area contributed by atoms with Crippen molar-refractivity contribution in [3.05, 3.63) is 64.6 Å². The highest BCUT2D eigenvalue weighted by Gasteiger charge is 2.30. The summed E-state index contributed by atoms with van der Waals surface area (Å²) < 4.78 is 38.2. The van der Waals surface area contributed by atoms with E-state index in [9.17, 15) is 18.0 Å². The van der Waals surface area contributed by atoms with E-state index in [1.54, 1.807) is 12.1 Å². The summed E-state index contributed by atoms with van der Waals surface area (Å²) in [6.07, 6.45) is -1.58. The van der Waals surface area contributed by atoms with Crippen LogP contribution >= 0.6 is 0 Å². The Kier molecular flexibility index (Phi) is 3.01. The molecule has 0 aliphatic carbocycles. The molecule has 0 bridgehead atoms. The van der Waals surface area contributed by atoms with Gasteiger partial charge in [-0.05, 0) is 29.8 Å². The molecule has 0 spiro atoms. The monoisotopic (exact) mass is 290 g/mol. The van der Waals surface area contributed by atoms with Gasteiger partial charge in [-0.3, -0.25) is 9.78 Å². The summed E-state index contributed by atoms with van der Waals surface area (Å²) in [6, 6.07) is 8.02. The number of pyridine rings is 2. The average molecular weight is 290 g/mol. The number of rotatable bonds is 1. The van der Waals surface area contributed by atoms with Crippen LogP contribution in [0.5, 0.6) is 0 Å². The van der Waals surface area contributed by atoms with Crippen LogP contribution in [-0.4, -0.2) is 9.97 Å². The highest BCUT2D eigenvalue weighted by molar-refractivity contribution is 5.79. The second-order valence-corrected chi connectivity index (χ2v) is 4.51. The van der Waals surface area contributed by atoms with Gasteiger partial charge in [0.15, 0.2) is 0 Å². The lowest BCUT2D eigenvalue weighted by Gasteiger charge is -2.08. The van der Waals surface area contributed by atoms with Crippen molar-refractivity contribution in [2.24, 2.45) is 0 Å². The van der Waals surface area contributed by atoms with Crippen LogP contribution in [0.25, 0.3) is 22.2 Å². The first kappa shape index (κ1) is 13.4. The average Bonchev–Trinajstić information content (AvgIpc) is 2.47. The van der Waals surface area contributed by atoms with Crippen molar-refractivity contribution in [3.8, 4) is 11.1 Å². The Morgan fingerprint density at radius 1 is 1.10 bits per heavy atom. The van der Waals surface area contributed by atoms with Gasteiger partial charge in [-0.25, -0.2) is 0 Å². The Hall–Kier alpha value is -2.63. The fourth-order valence-electron chi connectivity index (χ4n) is 2.12. The van der Waals surface area contributed by atoms with E-state index in [4.69, 9.17) is 0 Å². The molecular weight excluding hydrogens is 281 g/mol. The Morgan fingerprint density at radius 2 is 1.90 bits per heavy atom. The van der Waals surface area contributed by atoms with E-state index in [0.717, 1.165) is 12.1 Å². The van der Waals surface area contributed by atoms with E-state index < -0.39 is 17.2 Å². The molecule has 0 atom stereocenters. The van der Waals surface area contributed by atoms with Crippen molar-refractivity contribution in [1.82, 2.24) is 9.97 Å². The maximum atomic E-state index is 12.7. The molecule has 0 amide bonds. The molecule has 106 valence electrons. The van der Waals surface area contributed by atoms with Crippen LogP contribution in [0.3, 0.4) is 0 Å². The molecule has 3 rings (SSSR count). The summed E-state index contributed by atoms with van der Waals surface area (Å²) in [5, 5.41) is 0. The fourth-order valence-corrected chi connectivity index (χ4v) is 2.12. The number of H-pyrrole nitrogens is 1. The highest BCUT2D eigenvalue weighted by atomic mass is 19.4. The Balaban J connectivity index is 2.22. The lowest BCUT2D eigenvalue weighted by atomic mass is 10.0. The molecule has 3 nitrogen and oxygen atoms in total. The standard InChI is InChI=1S/C15H9F3N2O/c16-15(17,18)10-4-1-3-9(7-10)11-8-20-12-5-2-6-19-13(12)14(11)21/h1-8H,(H,20,21). The number of fused-ring (bicyclic) bond motifs is 1. The second-order valence-electron chi connectivity index (χ2n) is 4.51. The highest BCUT2D eigenvalue weighted by Crippen LogP contribution is 2.31. The molecule has 21 heavy (non-hydrogen) atoms. The third kappa shape index (κ3) is 2.40. The number of nitrogens with zero attached hydrogens (tertiary/aromatic N) is 1. The van der Waals surface area contributed by atoms with E-state index in [2.05, 4.69) is 9.97 Å². The topological polar surface area (TPSA) is 45.8 Å². The Labute approximate surface area is 117 Å². The van der Waals surface area contributed by atoms with Crippen molar-refractivity contribution in [2.75, 3.05) is 0 Å². The molecule has 0 radical (unpaired) electrons. The minimum absolute atomic E-state index is 0.160. The molecule has 0 saturated heterocycles. The van der Waals surface area contributed by atoms with Crippen LogP contribution in [0.15, 0.2) is 53.6 Å². The van der Waals surface area contributed by atoms with Crippen molar-refractivity contribution in [3.63, 3.8) is 0 Å². The van der Waals surface area contributed by atoms with Crippen molar-refractivity contribution >= 4 is 11.0 Å². The SMILES string of the molecule is O=c1c(-c2cccc(C(F)(F)F)c2)c[nH]c2cccnc12. The van der Waals surface area contributed by atoms with Gasteiger partial charge < -0.3 is 4.98 Å². The van der Waals surface area contributed by atoms with E-state index in [1.807, 2.05) is 0 Å². The maximum absolute atomic E-state index is 12.7. The number of alkyl halides is 3. The fraction of sp³-hybridized carbons (Fsp3) is 0.0667. The summed E-state index contributed by atoms with van der Waals surface area (Å²) in [5.41, 5.74) is -0.0826. The van der Waals surface area contributed by atoms with Crippen molar-refractivity contribution < 1.29 is 13.2 Å². The van der Waals surface area contributed by atoms with Crippen LogP contribution in [0.4, 0.5) is 13.2 Å². The molecule has 3 aromatic rings. The van der Waals surface area contributed by atoms with Crippen LogP contribution in [0, 0.1) is 0 Å².